The zero-order valence-electron chi connectivity index (χ0n) is 23.0. The van der Waals surface area contributed by atoms with Crippen LogP contribution < -0.4 is 10.2 Å². The molecular formula is C28H40N6O3S. The van der Waals surface area contributed by atoms with Crippen molar-refractivity contribution in [3.05, 3.63) is 47.2 Å². The smallest absolute Gasteiger partial charge is 0.251 e. The number of carbonyl (C=O) groups excluding carboxylic acids is 2. The Morgan fingerprint density at radius 1 is 1.03 bits per heavy atom. The van der Waals surface area contributed by atoms with Crippen LogP contribution in [-0.2, 0) is 20.7 Å². The summed E-state index contributed by atoms with van der Waals surface area (Å²) in [5.74, 6) is 1.64. The Morgan fingerprint density at radius 2 is 1.76 bits per heavy atom. The van der Waals surface area contributed by atoms with Crippen molar-refractivity contribution in [1.29, 1.82) is 0 Å². The molecule has 0 saturated carbocycles. The molecule has 0 radical (unpaired) electrons. The predicted octanol–water partition coefficient (Wildman–Crippen LogP) is 2.80. The Balaban J connectivity index is 1.38. The summed E-state index contributed by atoms with van der Waals surface area (Å²) in [6, 6.07) is 9.85. The van der Waals surface area contributed by atoms with Crippen LogP contribution in [-0.4, -0.2) is 97.2 Å². The molecule has 1 aromatic heterocycles. The van der Waals surface area contributed by atoms with Gasteiger partial charge in [-0.3, -0.25) is 14.5 Å². The number of carbonyl (C=O) groups is 2. The second kappa shape index (κ2) is 12.9. The van der Waals surface area contributed by atoms with Gasteiger partial charge in [-0.15, -0.1) is 0 Å². The Kier molecular flexibility index (Phi) is 9.62. The zero-order chi connectivity index (χ0) is 27.1. The Labute approximate surface area is 230 Å². The van der Waals surface area contributed by atoms with Crippen molar-refractivity contribution in [3.8, 4) is 0 Å². The molecule has 9 nitrogen and oxygen atoms in total. The average molecular weight is 541 g/mol. The van der Waals surface area contributed by atoms with Gasteiger partial charge in [-0.1, -0.05) is 44.7 Å². The number of thioether (sulfide) groups is 1. The van der Waals surface area contributed by atoms with Gasteiger partial charge in [0.2, 0.25) is 5.91 Å². The maximum absolute atomic E-state index is 12.7. The van der Waals surface area contributed by atoms with E-state index >= 15 is 0 Å². The number of hydrogen-bond donors (Lipinski definition) is 1. The lowest BCUT2D eigenvalue weighted by Crippen LogP contribution is -2.48. The van der Waals surface area contributed by atoms with E-state index in [0.29, 0.717) is 31.0 Å². The first-order valence-electron chi connectivity index (χ1n) is 13.4. The van der Waals surface area contributed by atoms with Crippen molar-refractivity contribution in [1.82, 2.24) is 25.1 Å². The zero-order valence-corrected chi connectivity index (χ0v) is 23.9. The van der Waals surface area contributed by atoms with Gasteiger partial charge in [-0.2, -0.15) is 0 Å². The fourth-order valence-corrected chi connectivity index (χ4v) is 5.27. The van der Waals surface area contributed by atoms with Gasteiger partial charge in [-0.25, -0.2) is 9.97 Å². The second-order valence-corrected chi connectivity index (χ2v) is 11.8. The highest BCUT2D eigenvalue weighted by Crippen LogP contribution is 2.29. The molecule has 0 spiro atoms. The summed E-state index contributed by atoms with van der Waals surface area (Å²) in [4.78, 5) is 40.6. The van der Waals surface area contributed by atoms with Crippen LogP contribution in [0.5, 0.6) is 0 Å². The van der Waals surface area contributed by atoms with Gasteiger partial charge in [0.15, 0.2) is 5.16 Å². The van der Waals surface area contributed by atoms with Crippen molar-refractivity contribution < 1.29 is 14.3 Å². The molecule has 10 heteroatoms. The fraction of sp³-hybridized carbons (Fsp3) is 0.571. The molecule has 2 amide bonds. The van der Waals surface area contributed by atoms with E-state index in [9.17, 15) is 9.59 Å². The topological polar surface area (TPSA) is 90.9 Å². The van der Waals surface area contributed by atoms with Crippen LogP contribution in [0.1, 0.15) is 49.3 Å². The Bertz CT molecular complexity index is 1110. The van der Waals surface area contributed by atoms with Crippen molar-refractivity contribution >= 4 is 29.4 Å². The lowest BCUT2D eigenvalue weighted by atomic mass is 9.92. The van der Waals surface area contributed by atoms with Gasteiger partial charge in [0, 0.05) is 82.1 Å². The van der Waals surface area contributed by atoms with Gasteiger partial charge in [0.05, 0.1) is 18.9 Å². The van der Waals surface area contributed by atoms with E-state index in [1.54, 1.807) is 18.7 Å². The molecule has 2 aliphatic rings. The molecular weight excluding hydrogens is 500 g/mol. The number of nitrogens with zero attached hydrogens (tertiary/aromatic N) is 5. The maximum atomic E-state index is 12.7. The Morgan fingerprint density at radius 3 is 2.45 bits per heavy atom. The van der Waals surface area contributed by atoms with Gasteiger partial charge in [0.1, 0.15) is 5.82 Å². The SMILES string of the molecule is CC(=O)N1CCN(c2cc(C(C)(C)C)nc(SCc3cccc(C(=O)NCCN4CCOCC4)c3)n2)CC1. The highest BCUT2D eigenvalue weighted by molar-refractivity contribution is 7.98. The van der Waals surface area contributed by atoms with E-state index in [4.69, 9.17) is 14.7 Å². The van der Waals surface area contributed by atoms with E-state index in [2.05, 4.69) is 42.0 Å². The minimum atomic E-state index is -0.118. The summed E-state index contributed by atoms with van der Waals surface area (Å²) >= 11 is 1.58. The van der Waals surface area contributed by atoms with E-state index in [1.807, 2.05) is 29.2 Å². The van der Waals surface area contributed by atoms with Gasteiger partial charge in [-0.05, 0) is 17.7 Å². The van der Waals surface area contributed by atoms with Crippen molar-refractivity contribution in [2.75, 3.05) is 70.5 Å². The molecule has 0 atom stereocenters. The van der Waals surface area contributed by atoms with Gasteiger partial charge >= 0.3 is 0 Å². The number of amides is 2. The molecule has 1 aromatic carbocycles. The third-order valence-electron chi connectivity index (χ3n) is 6.88. The summed E-state index contributed by atoms with van der Waals surface area (Å²) in [6.07, 6.45) is 0. The van der Waals surface area contributed by atoms with Crippen LogP contribution >= 0.6 is 11.8 Å². The molecule has 2 saturated heterocycles. The van der Waals surface area contributed by atoms with Crippen molar-refractivity contribution in [3.63, 3.8) is 0 Å². The lowest BCUT2D eigenvalue weighted by molar-refractivity contribution is -0.129. The van der Waals surface area contributed by atoms with Crippen LogP contribution in [0, 0.1) is 0 Å². The first-order valence-corrected chi connectivity index (χ1v) is 14.4. The molecule has 38 heavy (non-hydrogen) atoms. The summed E-state index contributed by atoms with van der Waals surface area (Å²) in [5, 5.41) is 3.77. The molecule has 2 aromatic rings. The summed E-state index contributed by atoms with van der Waals surface area (Å²) in [5.41, 5.74) is 2.59. The maximum Gasteiger partial charge on any atom is 0.251 e. The summed E-state index contributed by atoms with van der Waals surface area (Å²) in [7, 11) is 0. The third kappa shape index (κ3) is 7.91. The molecule has 0 bridgehead atoms. The molecule has 0 unspecified atom stereocenters. The van der Waals surface area contributed by atoms with E-state index in [0.717, 1.165) is 68.2 Å². The predicted molar refractivity (Wildman–Crippen MR) is 151 cm³/mol. The number of morpholine rings is 1. The monoisotopic (exact) mass is 540 g/mol. The van der Waals surface area contributed by atoms with E-state index in [-0.39, 0.29) is 17.2 Å². The molecule has 4 rings (SSSR count). The molecule has 1 N–H and O–H groups in total. The lowest BCUT2D eigenvalue weighted by Gasteiger charge is -2.35. The van der Waals surface area contributed by atoms with Crippen LogP contribution in [0.25, 0.3) is 0 Å². The Hall–Kier alpha value is -2.69. The number of piperazine rings is 1. The molecule has 2 aliphatic heterocycles. The van der Waals surface area contributed by atoms with E-state index < -0.39 is 0 Å². The minimum absolute atomic E-state index is 0.0527. The van der Waals surface area contributed by atoms with Crippen LogP contribution in [0.4, 0.5) is 5.82 Å². The number of rotatable bonds is 8. The standard InChI is InChI=1S/C28H40N6O3S/c1-21(35)33-10-12-34(13-11-33)25-19-24(28(2,3)4)30-27(31-25)38-20-22-6-5-7-23(18-22)26(36)29-8-9-32-14-16-37-17-15-32/h5-7,18-19H,8-17,20H2,1-4H3,(H,29,36). The van der Waals surface area contributed by atoms with Crippen LogP contribution in [0.2, 0.25) is 0 Å². The van der Waals surface area contributed by atoms with Gasteiger partial charge in [0.25, 0.3) is 5.91 Å². The molecule has 0 aliphatic carbocycles. The molecule has 206 valence electrons. The van der Waals surface area contributed by atoms with Crippen LogP contribution in [0.15, 0.2) is 35.5 Å². The largest absolute Gasteiger partial charge is 0.379 e. The first-order chi connectivity index (χ1) is 18.2. The number of ether oxygens (including phenoxy) is 1. The highest BCUT2D eigenvalue weighted by Gasteiger charge is 2.24. The van der Waals surface area contributed by atoms with Gasteiger partial charge < -0.3 is 19.9 Å². The normalized spacial score (nSPS) is 16.9. The molecule has 3 heterocycles. The third-order valence-corrected chi connectivity index (χ3v) is 7.80. The molecule has 2 fully saturated rings. The highest BCUT2D eigenvalue weighted by atomic mass is 32.2. The van der Waals surface area contributed by atoms with Crippen LogP contribution in [0.3, 0.4) is 0 Å². The van der Waals surface area contributed by atoms with E-state index in [1.165, 1.54) is 0 Å². The van der Waals surface area contributed by atoms with Crippen molar-refractivity contribution in [2.24, 2.45) is 0 Å². The average Bonchev–Trinajstić information content (AvgIpc) is 2.92. The first kappa shape index (κ1) is 28.3. The number of hydrogen-bond acceptors (Lipinski definition) is 8. The quantitative estimate of drug-likeness (QED) is 0.404. The summed E-state index contributed by atoms with van der Waals surface area (Å²) in [6.45, 7) is 15.8. The summed E-state index contributed by atoms with van der Waals surface area (Å²) < 4.78 is 5.38. The number of aromatic nitrogens is 2. The number of anilines is 1. The van der Waals surface area contributed by atoms with Crippen molar-refractivity contribution in [2.45, 2.75) is 44.0 Å². The fourth-order valence-electron chi connectivity index (χ4n) is 4.48. The number of benzene rings is 1. The minimum Gasteiger partial charge on any atom is -0.379 e. The number of nitrogens with one attached hydrogen (secondary N) is 1. The second-order valence-electron chi connectivity index (χ2n) is 10.8.